The quantitative estimate of drug-likeness (QED) is 0.908. The predicted molar refractivity (Wildman–Crippen MR) is 81.3 cm³/mol. The lowest BCUT2D eigenvalue weighted by Crippen LogP contribution is -2.48. The lowest BCUT2D eigenvalue weighted by atomic mass is 10.0. The van der Waals surface area contributed by atoms with Crippen molar-refractivity contribution in [2.24, 2.45) is 5.73 Å². The van der Waals surface area contributed by atoms with Gasteiger partial charge in [-0.15, -0.1) is 0 Å². The van der Waals surface area contributed by atoms with E-state index in [1.54, 1.807) is 0 Å². The zero-order chi connectivity index (χ0) is 14.5. The van der Waals surface area contributed by atoms with Crippen LogP contribution in [-0.2, 0) is 4.79 Å². The standard InChI is InChI=1S/C16H25N3O/c1-3-19-11-9-14(10-12-19)18(2)16(20)15(17)13-7-5-4-6-8-13/h4-8,14-15H,3,9-12,17H2,1-2H3. The van der Waals surface area contributed by atoms with Gasteiger partial charge in [0.25, 0.3) is 0 Å². The van der Waals surface area contributed by atoms with Crippen LogP contribution in [0.15, 0.2) is 30.3 Å². The molecule has 1 aliphatic rings. The molecule has 110 valence electrons. The summed E-state index contributed by atoms with van der Waals surface area (Å²) in [7, 11) is 1.89. The van der Waals surface area contributed by atoms with Gasteiger partial charge < -0.3 is 15.5 Å². The maximum atomic E-state index is 12.5. The summed E-state index contributed by atoms with van der Waals surface area (Å²) in [4.78, 5) is 16.8. The van der Waals surface area contributed by atoms with Gasteiger partial charge in [0.15, 0.2) is 0 Å². The Balaban J connectivity index is 1.95. The van der Waals surface area contributed by atoms with Crippen molar-refractivity contribution >= 4 is 5.91 Å². The van der Waals surface area contributed by atoms with E-state index in [1.807, 2.05) is 42.3 Å². The molecule has 0 bridgehead atoms. The van der Waals surface area contributed by atoms with Crippen LogP contribution in [0.1, 0.15) is 31.4 Å². The Bertz CT molecular complexity index is 427. The SMILES string of the molecule is CCN1CCC(N(C)C(=O)C(N)c2ccccc2)CC1. The molecule has 1 aromatic rings. The van der Waals surface area contributed by atoms with Crippen molar-refractivity contribution in [2.75, 3.05) is 26.7 Å². The van der Waals surface area contributed by atoms with Gasteiger partial charge in [0.2, 0.25) is 5.91 Å². The minimum absolute atomic E-state index is 0.0196. The van der Waals surface area contributed by atoms with E-state index in [-0.39, 0.29) is 5.91 Å². The minimum Gasteiger partial charge on any atom is -0.341 e. The van der Waals surface area contributed by atoms with Gasteiger partial charge in [-0.3, -0.25) is 4.79 Å². The molecule has 1 aliphatic heterocycles. The van der Waals surface area contributed by atoms with Crippen molar-refractivity contribution < 1.29 is 4.79 Å². The molecule has 0 aromatic heterocycles. The number of piperidine rings is 1. The van der Waals surface area contributed by atoms with Gasteiger partial charge in [0.1, 0.15) is 6.04 Å². The van der Waals surface area contributed by atoms with Crippen LogP contribution in [0.25, 0.3) is 0 Å². The monoisotopic (exact) mass is 275 g/mol. The Morgan fingerprint density at radius 3 is 2.50 bits per heavy atom. The molecular weight excluding hydrogens is 250 g/mol. The molecular formula is C16H25N3O. The number of likely N-dealkylation sites (tertiary alicyclic amines) is 1. The number of hydrogen-bond acceptors (Lipinski definition) is 3. The van der Waals surface area contributed by atoms with Gasteiger partial charge in [-0.05, 0) is 24.9 Å². The van der Waals surface area contributed by atoms with E-state index in [9.17, 15) is 4.79 Å². The van der Waals surface area contributed by atoms with Gasteiger partial charge >= 0.3 is 0 Å². The fraction of sp³-hybridized carbons (Fsp3) is 0.562. The summed E-state index contributed by atoms with van der Waals surface area (Å²) in [6.45, 7) is 5.41. The first kappa shape index (κ1) is 15.0. The number of nitrogens with two attached hydrogens (primary N) is 1. The van der Waals surface area contributed by atoms with Gasteiger partial charge in [-0.25, -0.2) is 0 Å². The number of amides is 1. The van der Waals surface area contributed by atoms with Crippen LogP contribution in [0, 0.1) is 0 Å². The zero-order valence-corrected chi connectivity index (χ0v) is 12.5. The zero-order valence-electron chi connectivity index (χ0n) is 12.5. The fourth-order valence-corrected chi connectivity index (χ4v) is 2.83. The van der Waals surface area contributed by atoms with Crippen molar-refractivity contribution in [2.45, 2.75) is 31.8 Å². The van der Waals surface area contributed by atoms with Crippen LogP contribution in [-0.4, -0.2) is 48.4 Å². The van der Waals surface area contributed by atoms with Gasteiger partial charge in [0.05, 0.1) is 0 Å². The van der Waals surface area contributed by atoms with Crippen LogP contribution < -0.4 is 5.73 Å². The van der Waals surface area contributed by atoms with E-state index in [0.29, 0.717) is 6.04 Å². The largest absolute Gasteiger partial charge is 0.341 e. The van der Waals surface area contributed by atoms with Crippen molar-refractivity contribution in [1.29, 1.82) is 0 Å². The number of benzene rings is 1. The third kappa shape index (κ3) is 3.38. The molecule has 1 unspecified atom stereocenters. The molecule has 0 radical (unpaired) electrons. The molecule has 1 amide bonds. The van der Waals surface area contributed by atoms with Gasteiger partial charge in [-0.2, -0.15) is 0 Å². The minimum atomic E-state index is -0.551. The summed E-state index contributed by atoms with van der Waals surface area (Å²) >= 11 is 0. The van der Waals surface area contributed by atoms with Crippen LogP contribution in [0.5, 0.6) is 0 Å². The summed E-state index contributed by atoms with van der Waals surface area (Å²) < 4.78 is 0. The van der Waals surface area contributed by atoms with Gasteiger partial charge in [-0.1, -0.05) is 37.3 Å². The van der Waals surface area contributed by atoms with E-state index in [1.165, 1.54) is 0 Å². The van der Waals surface area contributed by atoms with Crippen LogP contribution in [0.4, 0.5) is 0 Å². The highest BCUT2D eigenvalue weighted by molar-refractivity contribution is 5.83. The highest BCUT2D eigenvalue weighted by Crippen LogP contribution is 2.19. The third-order valence-corrected chi connectivity index (χ3v) is 4.32. The molecule has 2 N–H and O–H groups in total. The molecule has 0 spiro atoms. The van der Waals surface area contributed by atoms with Crippen molar-refractivity contribution in [1.82, 2.24) is 9.80 Å². The summed E-state index contributed by atoms with van der Waals surface area (Å²) in [5, 5.41) is 0. The molecule has 1 aromatic carbocycles. The smallest absolute Gasteiger partial charge is 0.244 e. The molecule has 1 heterocycles. The first-order valence-corrected chi connectivity index (χ1v) is 7.43. The summed E-state index contributed by atoms with van der Waals surface area (Å²) in [6, 6.07) is 9.37. The van der Waals surface area contributed by atoms with Crippen LogP contribution in [0.2, 0.25) is 0 Å². The first-order chi connectivity index (χ1) is 9.63. The van der Waals surface area contributed by atoms with Crippen LogP contribution in [0.3, 0.4) is 0 Å². The fourth-order valence-electron chi connectivity index (χ4n) is 2.83. The maximum Gasteiger partial charge on any atom is 0.244 e. The molecule has 1 fully saturated rings. The number of rotatable bonds is 4. The average molecular weight is 275 g/mol. The summed E-state index contributed by atoms with van der Waals surface area (Å²) in [5.74, 6) is 0.0196. The summed E-state index contributed by atoms with van der Waals surface area (Å²) in [5.41, 5.74) is 6.98. The Morgan fingerprint density at radius 1 is 1.35 bits per heavy atom. The Morgan fingerprint density at radius 2 is 1.95 bits per heavy atom. The topological polar surface area (TPSA) is 49.6 Å². The van der Waals surface area contributed by atoms with Gasteiger partial charge in [0, 0.05) is 26.2 Å². The lowest BCUT2D eigenvalue weighted by Gasteiger charge is -2.37. The number of likely N-dealkylation sites (N-methyl/N-ethyl adjacent to an activating group) is 1. The molecule has 1 atom stereocenters. The highest BCUT2D eigenvalue weighted by atomic mass is 16.2. The normalized spacial score (nSPS) is 18.8. The van der Waals surface area contributed by atoms with Crippen molar-refractivity contribution in [3.05, 3.63) is 35.9 Å². The molecule has 0 saturated carbocycles. The molecule has 2 rings (SSSR count). The number of carbonyl (C=O) groups excluding carboxylic acids is 1. The third-order valence-electron chi connectivity index (χ3n) is 4.32. The Labute approximate surface area is 121 Å². The molecule has 4 nitrogen and oxygen atoms in total. The number of nitrogens with zero attached hydrogens (tertiary/aromatic N) is 2. The predicted octanol–water partition coefficient (Wildman–Crippen LogP) is 1.63. The van der Waals surface area contributed by atoms with E-state index in [2.05, 4.69) is 11.8 Å². The molecule has 1 saturated heterocycles. The van der Waals surface area contributed by atoms with E-state index < -0.39 is 6.04 Å². The Hall–Kier alpha value is -1.39. The van der Waals surface area contributed by atoms with E-state index >= 15 is 0 Å². The maximum absolute atomic E-state index is 12.5. The summed E-state index contributed by atoms with van der Waals surface area (Å²) in [6.07, 6.45) is 2.08. The van der Waals surface area contributed by atoms with Crippen molar-refractivity contribution in [3.8, 4) is 0 Å². The second kappa shape index (κ2) is 6.86. The Kier molecular flexibility index (Phi) is 5.15. The van der Waals surface area contributed by atoms with E-state index in [0.717, 1.165) is 38.0 Å². The average Bonchev–Trinajstić information content (AvgIpc) is 2.53. The lowest BCUT2D eigenvalue weighted by molar-refractivity contribution is -0.134. The second-order valence-electron chi connectivity index (χ2n) is 5.50. The van der Waals surface area contributed by atoms with Crippen molar-refractivity contribution in [3.63, 3.8) is 0 Å². The second-order valence-corrected chi connectivity index (χ2v) is 5.50. The molecule has 4 heteroatoms. The molecule has 20 heavy (non-hydrogen) atoms. The first-order valence-electron chi connectivity index (χ1n) is 7.43. The van der Waals surface area contributed by atoms with Crippen LogP contribution >= 0.6 is 0 Å². The highest BCUT2D eigenvalue weighted by Gasteiger charge is 2.28. The number of hydrogen-bond donors (Lipinski definition) is 1. The van der Waals surface area contributed by atoms with E-state index in [4.69, 9.17) is 5.73 Å². The number of carbonyl (C=O) groups is 1. The molecule has 0 aliphatic carbocycles.